The smallest absolute Gasteiger partial charge is 0.303 e. The van der Waals surface area contributed by atoms with E-state index in [-0.39, 0.29) is 6.42 Å². The van der Waals surface area contributed by atoms with E-state index in [1.807, 2.05) is 13.1 Å². The number of aromatic nitrogens is 1. The molecule has 88 valence electrons. The molecule has 0 aliphatic heterocycles. The number of rotatable bonds is 6. The van der Waals surface area contributed by atoms with Crippen molar-refractivity contribution in [1.82, 2.24) is 4.98 Å². The van der Waals surface area contributed by atoms with Crippen LogP contribution in [-0.4, -0.2) is 23.1 Å². The fraction of sp³-hybridized carbons (Fsp3) is 0.500. The Hall–Kier alpha value is -1.58. The molecular weight excluding hydrogens is 204 g/mol. The molecule has 0 aliphatic rings. The molecule has 1 rings (SSSR count). The number of carboxylic acids is 1. The molecule has 0 spiro atoms. The van der Waals surface area contributed by atoms with Crippen molar-refractivity contribution in [3.63, 3.8) is 0 Å². The maximum absolute atomic E-state index is 10.4. The molecule has 0 aliphatic carbocycles. The Labute approximate surface area is 95.7 Å². The van der Waals surface area contributed by atoms with Crippen molar-refractivity contribution in [2.24, 2.45) is 0 Å². The van der Waals surface area contributed by atoms with Gasteiger partial charge in [-0.1, -0.05) is 13.0 Å². The molecule has 1 aromatic rings. The molecule has 0 saturated heterocycles. The van der Waals surface area contributed by atoms with E-state index >= 15 is 0 Å². The number of anilines is 1. The van der Waals surface area contributed by atoms with Crippen LogP contribution in [0.5, 0.6) is 0 Å². The normalized spacial score (nSPS) is 10.1. The average Bonchev–Trinajstić information content (AvgIpc) is 2.28. The molecule has 4 nitrogen and oxygen atoms in total. The van der Waals surface area contributed by atoms with E-state index < -0.39 is 5.97 Å². The first-order valence-corrected chi connectivity index (χ1v) is 5.55. The molecular formula is C12H18N2O2. The summed E-state index contributed by atoms with van der Waals surface area (Å²) in [5.74, 6) is 0.148. The van der Waals surface area contributed by atoms with E-state index in [0.29, 0.717) is 12.8 Å². The van der Waals surface area contributed by atoms with Crippen LogP contribution in [0.25, 0.3) is 0 Å². The lowest BCUT2D eigenvalue weighted by Crippen LogP contribution is -2.02. The third-order valence-electron chi connectivity index (χ3n) is 2.48. The Kier molecular flexibility index (Phi) is 4.76. The molecule has 0 aromatic carbocycles. The highest BCUT2D eigenvalue weighted by Crippen LogP contribution is 2.14. The molecule has 0 radical (unpaired) electrons. The van der Waals surface area contributed by atoms with Crippen LogP contribution in [-0.2, 0) is 17.6 Å². The average molecular weight is 222 g/mol. The Morgan fingerprint density at radius 3 is 2.81 bits per heavy atom. The first-order chi connectivity index (χ1) is 7.67. The zero-order chi connectivity index (χ0) is 12.0. The molecule has 0 unspecified atom stereocenters. The number of carboxylic acid groups (broad SMARTS) is 1. The molecule has 1 heterocycles. The number of carbonyl (C=O) groups is 1. The van der Waals surface area contributed by atoms with Crippen molar-refractivity contribution >= 4 is 11.8 Å². The van der Waals surface area contributed by atoms with Gasteiger partial charge in [0, 0.05) is 19.2 Å². The standard InChI is InChI=1S/C12H18N2O2/c1-3-9-7-8-10(14-12(9)13-2)5-4-6-11(15)16/h7-8H,3-6H2,1-2H3,(H,13,14)(H,15,16). The molecule has 0 amide bonds. The van der Waals surface area contributed by atoms with Crippen LogP contribution in [0, 0.1) is 0 Å². The summed E-state index contributed by atoms with van der Waals surface area (Å²) in [6, 6.07) is 4.02. The first kappa shape index (κ1) is 12.5. The van der Waals surface area contributed by atoms with Gasteiger partial charge in [-0.05, 0) is 30.9 Å². The number of hydrogen-bond donors (Lipinski definition) is 2. The largest absolute Gasteiger partial charge is 0.481 e. The molecule has 1 aromatic heterocycles. The molecule has 0 fully saturated rings. The van der Waals surface area contributed by atoms with Crippen LogP contribution in [0.15, 0.2) is 12.1 Å². The molecule has 0 saturated carbocycles. The van der Waals surface area contributed by atoms with Gasteiger partial charge in [-0.25, -0.2) is 4.98 Å². The Bertz CT molecular complexity index is 364. The summed E-state index contributed by atoms with van der Waals surface area (Å²) in [6.45, 7) is 2.09. The van der Waals surface area contributed by atoms with Crippen LogP contribution in [0.3, 0.4) is 0 Å². The van der Waals surface area contributed by atoms with Crippen molar-refractivity contribution in [3.05, 3.63) is 23.4 Å². The fourth-order valence-corrected chi connectivity index (χ4v) is 1.59. The van der Waals surface area contributed by atoms with Gasteiger partial charge in [-0.3, -0.25) is 4.79 Å². The van der Waals surface area contributed by atoms with Crippen LogP contribution in [0.4, 0.5) is 5.82 Å². The number of aryl methyl sites for hydroxylation is 2. The number of aliphatic carboxylic acids is 1. The highest BCUT2D eigenvalue weighted by molar-refractivity contribution is 5.66. The zero-order valence-electron chi connectivity index (χ0n) is 9.79. The van der Waals surface area contributed by atoms with Crippen LogP contribution in [0.2, 0.25) is 0 Å². The second-order valence-corrected chi connectivity index (χ2v) is 3.66. The van der Waals surface area contributed by atoms with Gasteiger partial charge in [-0.2, -0.15) is 0 Å². The van der Waals surface area contributed by atoms with Gasteiger partial charge < -0.3 is 10.4 Å². The van der Waals surface area contributed by atoms with E-state index in [1.165, 1.54) is 5.56 Å². The third kappa shape index (κ3) is 3.53. The van der Waals surface area contributed by atoms with Gasteiger partial charge in [0.2, 0.25) is 0 Å². The van der Waals surface area contributed by atoms with Gasteiger partial charge in [0.05, 0.1) is 0 Å². The van der Waals surface area contributed by atoms with Crippen LogP contribution >= 0.6 is 0 Å². The lowest BCUT2D eigenvalue weighted by atomic mass is 10.1. The lowest BCUT2D eigenvalue weighted by Gasteiger charge is -2.08. The molecule has 4 heteroatoms. The summed E-state index contributed by atoms with van der Waals surface area (Å²) >= 11 is 0. The lowest BCUT2D eigenvalue weighted by molar-refractivity contribution is -0.137. The Morgan fingerprint density at radius 2 is 2.25 bits per heavy atom. The van der Waals surface area contributed by atoms with E-state index in [4.69, 9.17) is 5.11 Å². The van der Waals surface area contributed by atoms with Crippen molar-refractivity contribution in [1.29, 1.82) is 0 Å². The van der Waals surface area contributed by atoms with Gasteiger partial charge >= 0.3 is 5.97 Å². The Morgan fingerprint density at radius 1 is 1.50 bits per heavy atom. The molecule has 0 bridgehead atoms. The van der Waals surface area contributed by atoms with Crippen molar-refractivity contribution in [3.8, 4) is 0 Å². The summed E-state index contributed by atoms with van der Waals surface area (Å²) in [5.41, 5.74) is 2.13. The quantitative estimate of drug-likeness (QED) is 0.773. The van der Waals surface area contributed by atoms with E-state index in [1.54, 1.807) is 0 Å². The molecule has 16 heavy (non-hydrogen) atoms. The minimum atomic E-state index is -0.751. The van der Waals surface area contributed by atoms with Gasteiger partial charge in [0.15, 0.2) is 0 Å². The van der Waals surface area contributed by atoms with Crippen LogP contribution < -0.4 is 5.32 Å². The monoisotopic (exact) mass is 222 g/mol. The Balaban J connectivity index is 2.64. The minimum Gasteiger partial charge on any atom is -0.481 e. The second kappa shape index (κ2) is 6.10. The highest BCUT2D eigenvalue weighted by Gasteiger charge is 2.04. The summed E-state index contributed by atoms with van der Waals surface area (Å²) in [4.78, 5) is 14.8. The number of pyridine rings is 1. The predicted molar refractivity (Wildman–Crippen MR) is 63.7 cm³/mol. The number of hydrogen-bond acceptors (Lipinski definition) is 3. The number of nitrogens with zero attached hydrogens (tertiary/aromatic N) is 1. The molecule has 2 N–H and O–H groups in total. The predicted octanol–water partition coefficient (Wildman–Crippen LogP) is 2.09. The molecule has 0 atom stereocenters. The summed E-state index contributed by atoms with van der Waals surface area (Å²) in [6.07, 6.45) is 2.49. The highest BCUT2D eigenvalue weighted by atomic mass is 16.4. The summed E-state index contributed by atoms with van der Waals surface area (Å²) in [5, 5.41) is 11.6. The van der Waals surface area contributed by atoms with E-state index in [2.05, 4.69) is 23.3 Å². The maximum atomic E-state index is 10.4. The van der Waals surface area contributed by atoms with E-state index in [9.17, 15) is 4.79 Å². The van der Waals surface area contributed by atoms with Gasteiger partial charge in [-0.15, -0.1) is 0 Å². The van der Waals surface area contributed by atoms with Crippen molar-refractivity contribution in [2.45, 2.75) is 32.6 Å². The maximum Gasteiger partial charge on any atom is 0.303 e. The zero-order valence-corrected chi connectivity index (χ0v) is 9.79. The minimum absolute atomic E-state index is 0.200. The third-order valence-corrected chi connectivity index (χ3v) is 2.48. The van der Waals surface area contributed by atoms with Gasteiger partial charge in [0.25, 0.3) is 0 Å². The summed E-state index contributed by atoms with van der Waals surface area (Å²) in [7, 11) is 1.85. The van der Waals surface area contributed by atoms with Crippen molar-refractivity contribution < 1.29 is 9.90 Å². The van der Waals surface area contributed by atoms with Gasteiger partial charge in [0.1, 0.15) is 5.82 Å². The van der Waals surface area contributed by atoms with Crippen molar-refractivity contribution in [2.75, 3.05) is 12.4 Å². The topological polar surface area (TPSA) is 62.2 Å². The summed E-state index contributed by atoms with van der Waals surface area (Å²) < 4.78 is 0. The SMILES string of the molecule is CCc1ccc(CCCC(=O)O)nc1NC. The second-order valence-electron chi connectivity index (χ2n) is 3.66. The fourth-order valence-electron chi connectivity index (χ4n) is 1.59. The van der Waals surface area contributed by atoms with E-state index in [0.717, 1.165) is 17.9 Å². The number of nitrogens with one attached hydrogen (secondary N) is 1. The van der Waals surface area contributed by atoms with Crippen LogP contribution in [0.1, 0.15) is 31.0 Å². The first-order valence-electron chi connectivity index (χ1n) is 5.55.